The second-order valence-electron chi connectivity index (χ2n) is 7.09. The number of nitrogens with one attached hydrogen (secondary N) is 1. The molecule has 1 N–H and O–H groups in total. The Labute approximate surface area is 172 Å². The van der Waals surface area contributed by atoms with Crippen LogP contribution in [0, 0.1) is 13.8 Å². The van der Waals surface area contributed by atoms with Gasteiger partial charge in [0, 0.05) is 22.2 Å². The van der Waals surface area contributed by atoms with Gasteiger partial charge in [0.15, 0.2) is 0 Å². The van der Waals surface area contributed by atoms with Crippen LogP contribution in [0.15, 0.2) is 59.8 Å². The number of aromatic nitrogens is 3. The molecule has 142 valence electrons. The molecule has 0 unspecified atom stereocenters. The topological polar surface area (TPSA) is 67.8 Å². The van der Waals surface area contributed by atoms with Crippen molar-refractivity contribution in [2.24, 2.45) is 0 Å². The first-order valence-electron chi connectivity index (χ1n) is 9.38. The Morgan fingerprint density at radius 2 is 1.66 bits per heavy atom. The highest BCUT2D eigenvalue weighted by Crippen LogP contribution is 2.44. The quantitative estimate of drug-likeness (QED) is 0.431. The van der Waals surface area contributed by atoms with Crippen molar-refractivity contribution in [2.75, 3.05) is 11.1 Å². The van der Waals surface area contributed by atoms with Gasteiger partial charge in [-0.25, -0.2) is 4.98 Å². The number of amides is 1. The third-order valence-electron chi connectivity index (χ3n) is 5.29. The van der Waals surface area contributed by atoms with Gasteiger partial charge in [0.1, 0.15) is 11.4 Å². The van der Waals surface area contributed by atoms with E-state index in [9.17, 15) is 4.79 Å². The van der Waals surface area contributed by atoms with E-state index in [1.807, 2.05) is 44.2 Å². The molecule has 0 saturated carbocycles. The van der Waals surface area contributed by atoms with E-state index in [1.54, 1.807) is 0 Å². The van der Waals surface area contributed by atoms with Crippen molar-refractivity contribution in [3.63, 3.8) is 0 Å². The Bertz CT molecular complexity index is 1280. The van der Waals surface area contributed by atoms with Crippen LogP contribution < -0.4 is 5.32 Å². The monoisotopic (exact) mass is 398 g/mol. The summed E-state index contributed by atoms with van der Waals surface area (Å²) in [5, 5.41) is 14.5. The third-order valence-corrected chi connectivity index (χ3v) is 6.13. The molecule has 5 nitrogen and oxygen atoms in total. The summed E-state index contributed by atoms with van der Waals surface area (Å²) in [5.74, 6) is 0.142. The number of hydrogen-bond donors (Lipinski definition) is 1. The number of rotatable bonds is 4. The summed E-state index contributed by atoms with van der Waals surface area (Å²) in [7, 11) is 0. The minimum atomic E-state index is -0.0850. The van der Waals surface area contributed by atoms with E-state index in [0.29, 0.717) is 5.16 Å². The molecule has 0 fully saturated rings. The van der Waals surface area contributed by atoms with Gasteiger partial charge in [-0.05, 0) is 36.4 Å². The van der Waals surface area contributed by atoms with Crippen molar-refractivity contribution in [2.45, 2.75) is 19.0 Å². The van der Waals surface area contributed by atoms with Crippen molar-refractivity contribution < 1.29 is 4.79 Å². The molecule has 1 aromatic heterocycles. The summed E-state index contributed by atoms with van der Waals surface area (Å²) in [4.78, 5) is 17.1. The van der Waals surface area contributed by atoms with Gasteiger partial charge in [0.25, 0.3) is 0 Å². The van der Waals surface area contributed by atoms with Crippen LogP contribution in [0.4, 0.5) is 5.69 Å². The van der Waals surface area contributed by atoms with Crippen LogP contribution >= 0.6 is 11.8 Å². The van der Waals surface area contributed by atoms with Crippen molar-refractivity contribution in [1.82, 2.24) is 15.2 Å². The molecule has 1 aliphatic rings. The molecule has 0 radical (unpaired) electrons. The molecule has 5 rings (SSSR count). The Balaban J connectivity index is 1.36. The number of nitrogens with zero attached hydrogens (tertiary/aromatic N) is 3. The molecule has 3 aromatic carbocycles. The molecular formula is C23H18N4OS. The molecule has 0 bridgehead atoms. The lowest BCUT2D eigenvalue weighted by Gasteiger charge is -2.10. The lowest BCUT2D eigenvalue weighted by Crippen LogP contribution is -2.15. The fourth-order valence-corrected chi connectivity index (χ4v) is 4.27. The zero-order valence-corrected chi connectivity index (χ0v) is 16.9. The van der Waals surface area contributed by atoms with Crippen LogP contribution in [0.5, 0.6) is 0 Å². The Morgan fingerprint density at radius 1 is 0.931 bits per heavy atom. The molecule has 29 heavy (non-hydrogen) atoms. The van der Waals surface area contributed by atoms with E-state index in [-0.39, 0.29) is 11.7 Å². The fourth-order valence-electron chi connectivity index (χ4n) is 3.68. The van der Waals surface area contributed by atoms with E-state index in [0.717, 1.165) is 39.3 Å². The maximum atomic E-state index is 12.4. The Hall–Kier alpha value is -3.25. The van der Waals surface area contributed by atoms with Gasteiger partial charge < -0.3 is 5.32 Å². The maximum Gasteiger partial charge on any atom is 0.234 e. The van der Waals surface area contributed by atoms with Gasteiger partial charge in [0.2, 0.25) is 11.1 Å². The number of carbonyl (C=O) groups excluding carboxylic acids is 1. The largest absolute Gasteiger partial charge is 0.325 e. The molecule has 1 aliphatic carbocycles. The summed E-state index contributed by atoms with van der Waals surface area (Å²) in [6.07, 6.45) is 0. The fraction of sp³-hybridized carbons (Fsp3) is 0.130. The van der Waals surface area contributed by atoms with Crippen LogP contribution in [0.1, 0.15) is 11.1 Å². The first-order chi connectivity index (χ1) is 14.1. The lowest BCUT2D eigenvalue weighted by molar-refractivity contribution is -0.113. The van der Waals surface area contributed by atoms with E-state index in [2.05, 4.69) is 39.8 Å². The number of hydrogen-bond acceptors (Lipinski definition) is 5. The Morgan fingerprint density at radius 3 is 2.45 bits per heavy atom. The summed E-state index contributed by atoms with van der Waals surface area (Å²) >= 11 is 1.30. The number of fused-ring (bicyclic) bond motifs is 3. The van der Waals surface area contributed by atoms with Gasteiger partial charge in [-0.3, -0.25) is 4.79 Å². The molecule has 0 spiro atoms. The first-order valence-corrected chi connectivity index (χ1v) is 10.4. The van der Waals surface area contributed by atoms with E-state index in [4.69, 9.17) is 4.98 Å². The van der Waals surface area contributed by atoms with E-state index < -0.39 is 0 Å². The minimum Gasteiger partial charge on any atom is -0.325 e. The maximum absolute atomic E-state index is 12.4. The number of carbonyl (C=O) groups is 1. The molecule has 1 heterocycles. The normalized spacial score (nSPS) is 11.5. The van der Waals surface area contributed by atoms with Gasteiger partial charge in [0.05, 0.1) is 5.75 Å². The SMILES string of the molecule is Cc1cccc(NC(=O)CSc2nnc3c(n2)-c2cccc4cccc-3c24)c1C. The number of aryl methyl sites for hydroxylation is 1. The van der Waals surface area contributed by atoms with Crippen molar-refractivity contribution >= 4 is 34.1 Å². The molecular weight excluding hydrogens is 380 g/mol. The van der Waals surface area contributed by atoms with Crippen LogP contribution in [0.25, 0.3) is 33.3 Å². The molecule has 6 heteroatoms. The van der Waals surface area contributed by atoms with Crippen LogP contribution in [0.2, 0.25) is 0 Å². The number of anilines is 1. The number of benzene rings is 3. The molecule has 0 saturated heterocycles. The smallest absolute Gasteiger partial charge is 0.234 e. The lowest BCUT2D eigenvalue weighted by atomic mass is 10.0. The zero-order valence-electron chi connectivity index (χ0n) is 16.1. The highest BCUT2D eigenvalue weighted by Gasteiger charge is 2.25. The van der Waals surface area contributed by atoms with Crippen molar-refractivity contribution in [3.05, 3.63) is 65.7 Å². The van der Waals surface area contributed by atoms with Crippen LogP contribution in [-0.4, -0.2) is 26.8 Å². The summed E-state index contributed by atoms with van der Waals surface area (Å²) < 4.78 is 0. The highest BCUT2D eigenvalue weighted by molar-refractivity contribution is 7.99. The average Bonchev–Trinajstić information content (AvgIpc) is 3.06. The minimum absolute atomic E-state index is 0.0850. The predicted molar refractivity (Wildman–Crippen MR) is 117 cm³/mol. The standard InChI is InChI=1S/C23H18N4OS/c1-13-6-3-11-18(14(13)2)24-19(28)12-29-23-25-21-16-9-4-7-15-8-5-10-17(20(15)16)22(21)26-27-23/h3-11H,12H2,1-2H3,(H,24,28). The van der Waals surface area contributed by atoms with Crippen LogP contribution in [0.3, 0.4) is 0 Å². The van der Waals surface area contributed by atoms with Gasteiger partial charge >= 0.3 is 0 Å². The van der Waals surface area contributed by atoms with E-state index in [1.165, 1.54) is 22.5 Å². The van der Waals surface area contributed by atoms with Gasteiger partial charge in [-0.15, -0.1) is 10.2 Å². The molecule has 0 aliphatic heterocycles. The molecule has 4 aromatic rings. The number of thioether (sulfide) groups is 1. The molecule has 0 atom stereocenters. The summed E-state index contributed by atoms with van der Waals surface area (Å²) in [6.45, 7) is 4.03. The third kappa shape index (κ3) is 3.06. The first kappa shape index (κ1) is 17.8. The van der Waals surface area contributed by atoms with Crippen molar-refractivity contribution in [1.29, 1.82) is 0 Å². The van der Waals surface area contributed by atoms with Gasteiger partial charge in [-0.2, -0.15) is 0 Å². The second-order valence-corrected chi connectivity index (χ2v) is 8.03. The van der Waals surface area contributed by atoms with Crippen molar-refractivity contribution in [3.8, 4) is 22.5 Å². The molecule has 1 amide bonds. The van der Waals surface area contributed by atoms with Crippen LogP contribution in [-0.2, 0) is 4.79 Å². The average molecular weight is 398 g/mol. The second kappa shape index (κ2) is 6.97. The summed E-state index contributed by atoms with van der Waals surface area (Å²) in [5.41, 5.74) is 6.85. The Kier molecular flexibility index (Phi) is 4.28. The zero-order chi connectivity index (χ0) is 20.0. The highest BCUT2D eigenvalue weighted by atomic mass is 32.2. The predicted octanol–water partition coefficient (Wildman–Crippen LogP) is 5.02. The van der Waals surface area contributed by atoms with Gasteiger partial charge in [-0.1, -0.05) is 60.3 Å². The summed E-state index contributed by atoms with van der Waals surface area (Å²) in [6, 6.07) is 18.2. The van der Waals surface area contributed by atoms with E-state index >= 15 is 0 Å².